The number of aryl methyl sites for hydroxylation is 3. The van der Waals surface area contributed by atoms with Crippen molar-refractivity contribution in [2.24, 2.45) is 0 Å². The number of ether oxygens (including phenoxy) is 1. The second kappa shape index (κ2) is 9.22. The van der Waals surface area contributed by atoms with Crippen LogP contribution in [0.15, 0.2) is 71.6 Å². The number of methoxy groups -OCH3 is 1. The fourth-order valence-corrected chi connectivity index (χ4v) is 5.23. The van der Waals surface area contributed by atoms with E-state index in [9.17, 15) is 8.42 Å². The summed E-state index contributed by atoms with van der Waals surface area (Å²) < 4.78 is 35.6. The fourth-order valence-electron chi connectivity index (χ4n) is 3.74. The molecule has 6 nitrogen and oxygen atoms in total. The van der Waals surface area contributed by atoms with E-state index < -0.39 is 10.0 Å². The zero-order chi connectivity index (χ0) is 22.7. The van der Waals surface area contributed by atoms with Crippen LogP contribution in [0.1, 0.15) is 18.3 Å². The first-order valence-corrected chi connectivity index (χ1v) is 12.2. The van der Waals surface area contributed by atoms with E-state index in [1.807, 2.05) is 30.3 Å². The van der Waals surface area contributed by atoms with Crippen molar-refractivity contribution in [3.8, 4) is 5.75 Å². The van der Waals surface area contributed by atoms with E-state index in [0.717, 1.165) is 41.8 Å². The summed E-state index contributed by atoms with van der Waals surface area (Å²) in [5, 5.41) is 0.319. The van der Waals surface area contributed by atoms with Crippen molar-refractivity contribution in [1.82, 2.24) is 9.55 Å². The maximum absolute atomic E-state index is 12.8. The summed E-state index contributed by atoms with van der Waals surface area (Å²) >= 11 is 5.98. The molecule has 1 heterocycles. The molecule has 1 N–H and O–H groups in total. The SMILES string of the molecule is CCn1c(CCc2ccc(NS(=O)(=O)c3cc(Cl)ccc3OC)cc2)nc2ccccc21. The van der Waals surface area contributed by atoms with Gasteiger partial charge in [0.2, 0.25) is 0 Å². The van der Waals surface area contributed by atoms with Crippen LogP contribution in [-0.4, -0.2) is 25.1 Å². The second-order valence-corrected chi connectivity index (χ2v) is 9.45. The van der Waals surface area contributed by atoms with E-state index in [1.165, 1.54) is 19.2 Å². The van der Waals surface area contributed by atoms with Crippen LogP contribution in [0.4, 0.5) is 5.69 Å². The molecular formula is C24H24ClN3O3S. The molecule has 0 aliphatic carbocycles. The van der Waals surface area contributed by atoms with Crippen molar-refractivity contribution in [1.29, 1.82) is 0 Å². The van der Waals surface area contributed by atoms with Gasteiger partial charge in [-0.1, -0.05) is 35.9 Å². The molecule has 0 unspecified atom stereocenters. The summed E-state index contributed by atoms with van der Waals surface area (Å²) in [5.74, 6) is 1.28. The Balaban J connectivity index is 1.48. The number of imidazole rings is 1. The standard InChI is InChI=1S/C24H24ClN3O3S/c1-3-28-21-7-5-4-6-20(21)26-24(28)15-10-17-8-12-19(13-9-17)27-32(29,30)23-16-18(25)11-14-22(23)31-2/h4-9,11-14,16,27H,3,10,15H2,1-2H3. The number of fused-ring (bicyclic) bond motifs is 1. The third-order valence-electron chi connectivity index (χ3n) is 5.31. The Morgan fingerprint density at radius 3 is 2.50 bits per heavy atom. The normalized spacial score (nSPS) is 11.6. The van der Waals surface area contributed by atoms with Gasteiger partial charge in [0.05, 0.1) is 18.1 Å². The lowest BCUT2D eigenvalue weighted by atomic mass is 10.1. The number of benzene rings is 3. The number of anilines is 1. The van der Waals surface area contributed by atoms with Crippen molar-refractivity contribution in [3.63, 3.8) is 0 Å². The van der Waals surface area contributed by atoms with Crippen molar-refractivity contribution in [2.45, 2.75) is 31.2 Å². The quantitative estimate of drug-likeness (QED) is 0.380. The summed E-state index contributed by atoms with van der Waals surface area (Å²) in [7, 11) is -2.42. The van der Waals surface area contributed by atoms with Gasteiger partial charge < -0.3 is 9.30 Å². The number of halogens is 1. The Morgan fingerprint density at radius 2 is 1.78 bits per heavy atom. The number of nitrogens with one attached hydrogen (secondary N) is 1. The molecule has 0 spiro atoms. The van der Waals surface area contributed by atoms with Crippen LogP contribution in [0, 0.1) is 0 Å². The number of nitrogens with zero attached hydrogens (tertiary/aromatic N) is 2. The molecule has 3 aromatic carbocycles. The van der Waals surface area contributed by atoms with Gasteiger partial charge >= 0.3 is 0 Å². The van der Waals surface area contributed by atoms with Crippen LogP contribution in [0.5, 0.6) is 5.75 Å². The molecule has 166 valence electrons. The Morgan fingerprint density at radius 1 is 1.03 bits per heavy atom. The fraction of sp³-hybridized carbons (Fsp3) is 0.208. The number of para-hydroxylation sites is 2. The maximum atomic E-state index is 12.8. The van der Waals surface area contributed by atoms with E-state index in [-0.39, 0.29) is 10.6 Å². The number of aromatic nitrogens is 2. The molecule has 0 saturated carbocycles. The first-order chi connectivity index (χ1) is 15.4. The first-order valence-electron chi connectivity index (χ1n) is 10.3. The van der Waals surface area contributed by atoms with Gasteiger partial charge in [0.25, 0.3) is 10.0 Å². The monoisotopic (exact) mass is 469 g/mol. The third kappa shape index (κ3) is 4.59. The van der Waals surface area contributed by atoms with E-state index in [4.69, 9.17) is 21.3 Å². The second-order valence-electron chi connectivity index (χ2n) is 7.36. The smallest absolute Gasteiger partial charge is 0.265 e. The van der Waals surface area contributed by atoms with Crippen LogP contribution < -0.4 is 9.46 Å². The predicted octanol–water partition coefficient (Wildman–Crippen LogP) is 5.30. The van der Waals surface area contributed by atoms with Crippen LogP contribution in [0.2, 0.25) is 5.02 Å². The zero-order valence-electron chi connectivity index (χ0n) is 17.9. The minimum atomic E-state index is -3.84. The average molecular weight is 470 g/mol. The van der Waals surface area contributed by atoms with Crippen LogP contribution >= 0.6 is 11.6 Å². The molecule has 0 aliphatic rings. The Bertz CT molecular complexity index is 1350. The summed E-state index contributed by atoms with van der Waals surface area (Å²) in [6.07, 6.45) is 1.60. The minimum Gasteiger partial charge on any atom is -0.495 e. The lowest BCUT2D eigenvalue weighted by molar-refractivity contribution is 0.403. The average Bonchev–Trinajstić information content (AvgIpc) is 3.16. The summed E-state index contributed by atoms with van der Waals surface area (Å²) in [5.41, 5.74) is 3.72. The van der Waals surface area contributed by atoms with Gasteiger partial charge in [0.1, 0.15) is 16.5 Å². The van der Waals surface area contributed by atoms with Gasteiger partial charge in [-0.3, -0.25) is 4.72 Å². The minimum absolute atomic E-state index is 0.00459. The van der Waals surface area contributed by atoms with Crippen molar-refractivity contribution >= 4 is 38.3 Å². The van der Waals surface area contributed by atoms with E-state index in [2.05, 4.69) is 22.3 Å². The summed E-state index contributed by atoms with van der Waals surface area (Å²) in [6.45, 7) is 2.98. The van der Waals surface area contributed by atoms with Gasteiger partial charge in [-0.15, -0.1) is 0 Å². The van der Waals surface area contributed by atoms with Gasteiger partial charge in [-0.2, -0.15) is 0 Å². The highest BCUT2D eigenvalue weighted by molar-refractivity contribution is 7.92. The predicted molar refractivity (Wildman–Crippen MR) is 128 cm³/mol. The third-order valence-corrected chi connectivity index (χ3v) is 6.95. The van der Waals surface area contributed by atoms with E-state index >= 15 is 0 Å². The lowest BCUT2D eigenvalue weighted by Crippen LogP contribution is -2.14. The molecule has 0 amide bonds. The van der Waals surface area contributed by atoms with Crippen LogP contribution in [-0.2, 0) is 29.4 Å². The molecule has 0 bridgehead atoms. The molecule has 0 fully saturated rings. The molecule has 0 radical (unpaired) electrons. The Hall–Kier alpha value is -3.03. The van der Waals surface area contributed by atoms with Crippen molar-refractivity contribution in [2.75, 3.05) is 11.8 Å². The highest BCUT2D eigenvalue weighted by atomic mass is 35.5. The lowest BCUT2D eigenvalue weighted by Gasteiger charge is -2.12. The zero-order valence-corrected chi connectivity index (χ0v) is 19.4. The van der Waals surface area contributed by atoms with Gasteiger partial charge in [-0.05, 0) is 61.4 Å². The Labute approximate surface area is 192 Å². The molecule has 0 atom stereocenters. The molecule has 1 aromatic heterocycles. The maximum Gasteiger partial charge on any atom is 0.265 e. The topological polar surface area (TPSA) is 73.2 Å². The van der Waals surface area contributed by atoms with Gasteiger partial charge in [0, 0.05) is 23.7 Å². The van der Waals surface area contributed by atoms with Crippen molar-refractivity contribution < 1.29 is 13.2 Å². The first kappa shape index (κ1) is 22.2. The molecule has 0 aliphatic heterocycles. The highest BCUT2D eigenvalue weighted by Crippen LogP contribution is 2.29. The van der Waals surface area contributed by atoms with E-state index in [1.54, 1.807) is 18.2 Å². The molecule has 0 saturated heterocycles. The summed E-state index contributed by atoms with van der Waals surface area (Å²) in [6, 6.07) is 20.0. The van der Waals surface area contributed by atoms with Crippen molar-refractivity contribution in [3.05, 3.63) is 83.1 Å². The largest absolute Gasteiger partial charge is 0.495 e. The van der Waals surface area contributed by atoms with Gasteiger partial charge in [-0.25, -0.2) is 13.4 Å². The Kier molecular flexibility index (Phi) is 6.39. The molecule has 4 rings (SSSR count). The summed E-state index contributed by atoms with van der Waals surface area (Å²) in [4.78, 5) is 4.77. The number of sulfonamides is 1. The number of hydrogen-bond donors (Lipinski definition) is 1. The van der Waals surface area contributed by atoms with Crippen LogP contribution in [0.3, 0.4) is 0 Å². The molecule has 4 aromatic rings. The van der Waals surface area contributed by atoms with Gasteiger partial charge in [0.15, 0.2) is 0 Å². The molecular weight excluding hydrogens is 446 g/mol. The number of rotatable bonds is 8. The van der Waals surface area contributed by atoms with E-state index in [0.29, 0.717) is 10.7 Å². The van der Waals surface area contributed by atoms with Crippen LogP contribution in [0.25, 0.3) is 11.0 Å². The number of hydrogen-bond acceptors (Lipinski definition) is 4. The molecule has 32 heavy (non-hydrogen) atoms. The highest BCUT2D eigenvalue weighted by Gasteiger charge is 2.20. The molecule has 8 heteroatoms.